The molecular formula is C20H24N2O3S. The van der Waals surface area contributed by atoms with Gasteiger partial charge in [0.15, 0.2) is 0 Å². The van der Waals surface area contributed by atoms with Crippen LogP contribution in [0.2, 0.25) is 0 Å². The predicted octanol–water partition coefficient (Wildman–Crippen LogP) is 4.01. The lowest BCUT2D eigenvalue weighted by atomic mass is 10.1. The first-order valence-electron chi connectivity index (χ1n) is 8.74. The first-order valence-corrected chi connectivity index (χ1v) is 10.4. The van der Waals surface area contributed by atoms with Gasteiger partial charge in [-0.05, 0) is 56.7 Å². The summed E-state index contributed by atoms with van der Waals surface area (Å²) in [5.74, 6) is 0.813. The van der Waals surface area contributed by atoms with Gasteiger partial charge in [-0.15, -0.1) is 0 Å². The Morgan fingerprint density at radius 3 is 2.54 bits per heavy atom. The second-order valence-corrected chi connectivity index (χ2v) is 8.90. The van der Waals surface area contributed by atoms with Gasteiger partial charge in [-0.25, -0.2) is 13.4 Å². The molecule has 3 rings (SSSR count). The fraction of sp³-hybridized carbons (Fsp3) is 0.350. The molecule has 0 saturated heterocycles. The standard InChI is InChI=1S/C20H24N2O3S/c1-4-14-26(23,24)22(17-8-6-5-7-9-17)15-16-10-11-19-18(21-16)12-13-20(2,3)25-19/h5-13H,4,14-15H2,1-3H3. The van der Waals surface area contributed by atoms with Crippen molar-refractivity contribution in [2.75, 3.05) is 10.1 Å². The van der Waals surface area contributed by atoms with E-state index >= 15 is 0 Å². The average Bonchev–Trinajstić information content (AvgIpc) is 2.59. The zero-order valence-electron chi connectivity index (χ0n) is 15.3. The van der Waals surface area contributed by atoms with Crippen LogP contribution in [0.25, 0.3) is 6.08 Å². The summed E-state index contributed by atoms with van der Waals surface area (Å²) < 4.78 is 32.9. The largest absolute Gasteiger partial charge is 0.482 e. The van der Waals surface area contributed by atoms with Crippen molar-refractivity contribution >= 4 is 21.8 Å². The minimum atomic E-state index is -3.42. The Morgan fingerprint density at radius 1 is 1.12 bits per heavy atom. The van der Waals surface area contributed by atoms with Crippen molar-refractivity contribution in [2.24, 2.45) is 0 Å². The van der Waals surface area contributed by atoms with Gasteiger partial charge in [-0.3, -0.25) is 4.31 Å². The average molecular weight is 372 g/mol. The number of hydrogen-bond acceptors (Lipinski definition) is 4. The summed E-state index contributed by atoms with van der Waals surface area (Å²) in [6.45, 7) is 6.02. The van der Waals surface area contributed by atoms with Crippen LogP contribution in [0.4, 0.5) is 5.69 Å². The maximum atomic E-state index is 12.8. The highest BCUT2D eigenvalue weighted by molar-refractivity contribution is 7.92. The van der Waals surface area contributed by atoms with Crippen LogP contribution in [0.15, 0.2) is 48.5 Å². The topological polar surface area (TPSA) is 59.5 Å². The Labute approximate surface area is 155 Å². The highest BCUT2D eigenvalue weighted by Crippen LogP contribution is 2.30. The van der Waals surface area contributed by atoms with Gasteiger partial charge < -0.3 is 4.74 Å². The summed E-state index contributed by atoms with van der Waals surface area (Å²) in [7, 11) is -3.42. The maximum absolute atomic E-state index is 12.8. The predicted molar refractivity (Wildman–Crippen MR) is 105 cm³/mol. The Morgan fingerprint density at radius 2 is 1.85 bits per heavy atom. The van der Waals surface area contributed by atoms with Crippen molar-refractivity contribution in [2.45, 2.75) is 39.3 Å². The zero-order chi connectivity index (χ0) is 18.8. The number of aromatic nitrogens is 1. The van der Waals surface area contributed by atoms with Crippen LogP contribution in [0.3, 0.4) is 0 Å². The van der Waals surface area contributed by atoms with Gasteiger partial charge in [0.2, 0.25) is 10.0 Å². The molecule has 2 aromatic rings. The third-order valence-electron chi connectivity index (χ3n) is 4.11. The molecule has 0 saturated carbocycles. The molecule has 0 radical (unpaired) electrons. The number of anilines is 1. The van der Waals surface area contributed by atoms with E-state index in [0.29, 0.717) is 23.6 Å². The summed E-state index contributed by atoms with van der Waals surface area (Å²) in [5.41, 5.74) is 1.69. The molecule has 0 spiro atoms. The number of ether oxygens (including phenoxy) is 1. The second-order valence-electron chi connectivity index (χ2n) is 6.88. The molecule has 26 heavy (non-hydrogen) atoms. The highest BCUT2D eigenvalue weighted by Gasteiger charge is 2.25. The van der Waals surface area contributed by atoms with E-state index in [9.17, 15) is 8.42 Å². The molecule has 1 aliphatic heterocycles. The van der Waals surface area contributed by atoms with Crippen LogP contribution in [0.1, 0.15) is 38.6 Å². The number of pyridine rings is 1. The van der Waals surface area contributed by atoms with E-state index in [0.717, 1.165) is 5.69 Å². The quantitative estimate of drug-likeness (QED) is 0.769. The lowest BCUT2D eigenvalue weighted by Gasteiger charge is -2.28. The summed E-state index contributed by atoms with van der Waals surface area (Å²) >= 11 is 0. The Balaban J connectivity index is 1.93. The van der Waals surface area contributed by atoms with E-state index in [2.05, 4.69) is 4.98 Å². The fourth-order valence-corrected chi connectivity index (χ4v) is 4.36. The third kappa shape index (κ3) is 4.07. The molecule has 0 amide bonds. The van der Waals surface area contributed by atoms with Gasteiger partial charge >= 0.3 is 0 Å². The van der Waals surface area contributed by atoms with Gasteiger partial charge in [-0.2, -0.15) is 0 Å². The van der Waals surface area contributed by atoms with Crippen molar-refractivity contribution in [1.82, 2.24) is 4.98 Å². The molecule has 1 aliphatic rings. The smallest absolute Gasteiger partial charge is 0.235 e. The van der Waals surface area contributed by atoms with E-state index in [-0.39, 0.29) is 17.9 Å². The van der Waals surface area contributed by atoms with Crippen LogP contribution in [0, 0.1) is 0 Å². The molecular weight excluding hydrogens is 348 g/mol. The van der Waals surface area contributed by atoms with Crippen LogP contribution in [-0.2, 0) is 16.6 Å². The molecule has 1 aromatic heterocycles. The normalized spacial score (nSPS) is 15.2. The minimum Gasteiger partial charge on any atom is -0.482 e. The number of para-hydroxylation sites is 1. The first kappa shape index (κ1) is 18.5. The minimum absolute atomic E-state index is 0.101. The Hall–Kier alpha value is -2.34. The molecule has 0 N–H and O–H groups in total. The van der Waals surface area contributed by atoms with E-state index in [1.807, 2.05) is 63.3 Å². The van der Waals surface area contributed by atoms with Crippen LogP contribution >= 0.6 is 0 Å². The number of benzene rings is 1. The maximum Gasteiger partial charge on any atom is 0.235 e. The molecule has 0 fully saturated rings. The molecule has 0 bridgehead atoms. The SMILES string of the molecule is CCCS(=O)(=O)N(Cc1ccc2c(n1)C=CC(C)(C)O2)c1ccccc1. The van der Waals surface area contributed by atoms with Crippen molar-refractivity contribution < 1.29 is 13.2 Å². The van der Waals surface area contributed by atoms with E-state index in [1.165, 1.54) is 4.31 Å². The first-order chi connectivity index (χ1) is 12.3. The van der Waals surface area contributed by atoms with Crippen molar-refractivity contribution in [3.8, 4) is 5.75 Å². The van der Waals surface area contributed by atoms with Gasteiger partial charge in [0.1, 0.15) is 17.0 Å². The Bertz CT molecular complexity index is 906. The van der Waals surface area contributed by atoms with Gasteiger partial charge in [0.05, 0.1) is 23.7 Å². The summed E-state index contributed by atoms with van der Waals surface area (Å²) in [6, 6.07) is 12.8. The van der Waals surface area contributed by atoms with E-state index in [1.54, 1.807) is 12.1 Å². The molecule has 0 unspecified atom stereocenters. The number of hydrogen-bond donors (Lipinski definition) is 0. The van der Waals surface area contributed by atoms with Gasteiger partial charge in [0, 0.05) is 0 Å². The molecule has 0 aliphatic carbocycles. The summed E-state index contributed by atoms with van der Waals surface area (Å²) in [5, 5.41) is 0. The van der Waals surface area contributed by atoms with Crippen molar-refractivity contribution in [3.63, 3.8) is 0 Å². The lowest BCUT2D eigenvalue weighted by molar-refractivity contribution is 0.158. The van der Waals surface area contributed by atoms with Gasteiger partial charge in [0.25, 0.3) is 0 Å². The summed E-state index contributed by atoms with van der Waals surface area (Å²) in [4.78, 5) is 4.60. The van der Waals surface area contributed by atoms with Crippen LogP contribution < -0.4 is 9.04 Å². The molecule has 138 valence electrons. The molecule has 1 aromatic carbocycles. The van der Waals surface area contributed by atoms with Crippen LogP contribution in [-0.4, -0.2) is 24.8 Å². The Kier molecular flexibility index (Phi) is 5.05. The fourth-order valence-electron chi connectivity index (χ4n) is 2.85. The molecule has 0 atom stereocenters. The molecule has 6 heteroatoms. The van der Waals surface area contributed by atoms with Crippen molar-refractivity contribution in [3.05, 3.63) is 59.9 Å². The van der Waals surface area contributed by atoms with E-state index < -0.39 is 10.0 Å². The number of rotatable bonds is 6. The number of sulfonamides is 1. The second kappa shape index (κ2) is 7.11. The highest BCUT2D eigenvalue weighted by atomic mass is 32.2. The van der Waals surface area contributed by atoms with E-state index in [4.69, 9.17) is 4.74 Å². The monoisotopic (exact) mass is 372 g/mol. The molecule has 5 nitrogen and oxygen atoms in total. The lowest BCUT2D eigenvalue weighted by Crippen LogP contribution is -2.33. The summed E-state index contributed by atoms with van der Waals surface area (Å²) in [6.07, 6.45) is 4.44. The number of nitrogens with zero attached hydrogens (tertiary/aromatic N) is 2. The number of fused-ring (bicyclic) bond motifs is 1. The van der Waals surface area contributed by atoms with Crippen LogP contribution in [0.5, 0.6) is 5.75 Å². The third-order valence-corrected chi connectivity index (χ3v) is 6.04. The van der Waals surface area contributed by atoms with Crippen molar-refractivity contribution in [1.29, 1.82) is 0 Å². The zero-order valence-corrected chi connectivity index (χ0v) is 16.2. The molecule has 2 heterocycles. The van der Waals surface area contributed by atoms with Gasteiger partial charge in [-0.1, -0.05) is 25.1 Å².